The second-order valence-electron chi connectivity index (χ2n) is 4.86. The first-order valence-corrected chi connectivity index (χ1v) is 6.47. The van der Waals surface area contributed by atoms with Crippen molar-refractivity contribution in [3.05, 3.63) is 28.3 Å². The van der Waals surface area contributed by atoms with Crippen LogP contribution in [0.15, 0.2) is 18.2 Å². The lowest BCUT2D eigenvalue weighted by Gasteiger charge is -2.36. The molecule has 110 valence electrons. The Hall–Kier alpha value is -1.86. The van der Waals surface area contributed by atoms with E-state index in [9.17, 15) is 10.1 Å². The molecule has 2 N–H and O–H groups in total. The van der Waals surface area contributed by atoms with Gasteiger partial charge in [-0.05, 0) is 6.92 Å². The van der Waals surface area contributed by atoms with E-state index in [1.807, 2.05) is 11.8 Å². The highest BCUT2D eigenvalue weighted by molar-refractivity contribution is 5.58. The summed E-state index contributed by atoms with van der Waals surface area (Å²) in [7, 11) is 1.49. The fourth-order valence-corrected chi connectivity index (χ4v) is 2.20. The molecule has 1 aliphatic heterocycles. The Morgan fingerprint density at radius 1 is 1.55 bits per heavy atom. The molecule has 0 aromatic heterocycles. The average Bonchev–Trinajstić information content (AvgIpc) is 2.46. The molecule has 0 bridgehead atoms. The first kappa shape index (κ1) is 14.5. The van der Waals surface area contributed by atoms with Crippen molar-refractivity contribution in [2.75, 3.05) is 31.7 Å². The van der Waals surface area contributed by atoms with Crippen molar-refractivity contribution >= 4 is 11.4 Å². The minimum atomic E-state index is -0.421. The van der Waals surface area contributed by atoms with Crippen LogP contribution in [0.4, 0.5) is 11.4 Å². The molecule has 20 heavy (non-hydrogen) atoms. The van der Waals surface area contributed by atoms with E-state index in [0.717, 1.165) is 5.69 Å². The Morgan fingerprint density at radius 2 is 2.30 bits per heavy atom. The summed E-state index contributed by atoms with van der Waals surface area (Å²) >= 11 is 0. The molecule has 0 saturated carbocycles. The second kappa shape index (κ2) is 6.06. The van der Waals surface area contributed by atoms with E-state index in [0.29, 0.717) is 25.4 Å². The number of nitro benzene ring substituents is 1. The maximum absolute atomic E-state index is 11.0. The van der Waals surface area contributed by atoms with Gasteiger partial charge in [0.2, 0.25) is 0 Å². The van der Waals surface area contributed by atoms with Crippen LogP contribution >= 0.6 is 0 Å². The van der Waals surface area contributed by atoms with E-state index >= 15 is 0 Å². The number of methoxy groups -OCH3 is 1. The van der Waals surface area contributed by atoms with Crippen LogP contribution in [-0.2, 0) is 4.74 Å². The summed E-state index contributed by atoms with van der Waals surface area (Å²) in [6, 6.07) is 4.66. The molecule has 1 saturated heterocycles. The minimum absolute atomic E-state index is 0.0168. The van der Waals surface area contributed by atoms with Gasteiger partial charge in [0.05, 0.1) is 30.8 Å². The molecule has 1 heterocycles. The highest BCUT2D eigenvalue weighted by Gasteiger charge is 2.25. The Morgan fingerprint density at radius 3 is 2.90 bits per heavy atom. The predicted octanol–water partition coefficient (Wildman–Crippen LogP) is 1.16. The summed E-state index contributed by atoms with van der Waals surface area (Å²) in [6.45, 7) is 3.73. The number of nitro groups is 1. The Kier molecular flexibility index (Phi) is 4.41. The molecule has 0 spiro atoms. The van der Waals surface area contributed by atoms with Gasteiger partial charge in [-0.3, -0.25) is 10.1 Å². The van der Waals surface area contributed by atoms with Gasteiger partial charge in [-0.1, -0.05) is 0 Å². The molecule has 1 aromatic rings. The third-order valence-electron chi connectivity index (χ3n) is 3.37. The molecule has 2 rings (SSSR count). The lowest BCUT2D eigenvalue weighted by molar-refractivity contribution is -0.384. The van der Waals surface area contributed by atoms with Crippen molar-refractivity contribution in [3.8, 4) is 5.75 Å². The van der Waals surface area contributed by atoms with Crippen LogP contribution in [0.1, 0.15) is 6.92 Å². The van der Waals surface area contributed by atoms with Gasteiger partial charge in [0.15, 0.2) is 0 Å². The fourth-order valence-electron chi connectivity index (χ4n) is 2.20. The van der Waals surface area contributed by atoms with E-state index in [4.69, 9.17) is 15.2 Å². The van der Waals surface area contributed by atoms with E-state index in [2.05, 4.69) is 0 Å². The summed E-state index contributed by atoms with van der Waals surface area (Å²) in [5.74, 6) is 0.470. The first-order valence-electron chi connectivity index (χ1n) is 6.47. The number of morpholine rings is 1. The summed E-state index contributed by atoms with van der Waals surface area (Å²) < 4.78 is 10.7. The van der Waals surface area contributed by atoms with Gasteiger partial charge in [0.25, 0.3) is 5.69 Å². The number of non-ortho nitro benzene ring substituents is 1. The van der Waals surface area contributed by atoms with Crippen LogP contribution in [-0.4, -0.2) is 43.9 Å². The highest BCUT2D eigenvalue weighted by Crippen LogP contribution is 2.29. The lowest BCUT2D eigenvalue weighted by Crippen LogP contribution is -2.49. The highest BCUT2D eigenvalue weighted by atomic mass is 16.6. The van der Waals surface area contributed by atoms with E-state index < -0.39 is 4.92 Å². The summed E-state index contributed by atoms with van der Waals surface area (Å²) in [6.07, 6.45) is -0.0750. The van der Waals surface area contributed by atoms with Crippen LogP contribution in [0.25, 0.3) is 0 Å². The number of benzene rings is 1. The number of nitrogens with two attached hydrogens (primary N) is 1. The lowest BCUT2D eigenvalue weighted by atomic mass is 10.1. The largest absolute Gasteiger partial charge is 0.496 e. The molecular weight excluding hydrogens is 262 g/mol. The molecular formula is C13H19N3O4. The van der Waals surface area contributed by atoms with Crippen LogP contribution in [0.2, 0.25) is 0 Å². The quantitative estimate of drug-likeness (QED) is 0.657. The van der Waals surface area contributed by atoms with Crippen LogP contribution in [0, 0.1) is 10.1 Å². The predicted molar refractivity (Wildman–Crippen MR) is 75.3 cm³/mol. The SMILES string of the molecule is COc1cc(N2CCOC(C(C)N)C2)cc([N+](=O)[O-])c1. The van der Waals surface area contributed by atoms with E-state index in [-0.39, 0.29) is 17.8 Å². The van der Waals surface area contributed by atoms with Crippen molar-refractivity contribution < 1.29 is 14.4 Å². The molecule has 1 fully saturated rings. The van der Waals surface area contributed by atoms with Gasteiger partial charge in [0.1, 0.15) is 5.75 Å². The van der Waals surface area contributed by atoms with Gasteiger partial charge in [-0.2, -0.15) is 0 Å². The topological polar surface area (TPSA) is 90.9 Å². The molecule has 2 unspecified atom stereocenters. The van der Waals surface area contributed by atoms with Gasteiger partial charge in [-0.15, -0.1) is 0 Å². The Bertz CT molecular complexity index is 493. The maximum atomic E-state index is 11.0. The Balaban J connectivity index is 2.26. The summed E-state index contributed by atoms with van der Waals surface area (Å²) in [4.78, 5) is 12.6. The maximum Gasteiger partial charge on any atom is 0.275 e. The van der Waals surface area contributed by atoms with Gasteiger partial charge < -0.3 is 20.1 Å². The zero-order chi connectivity index (χ0) is 14.7. The monoisotopic (exact) mass is 281 g/mol. The third kappa shape index (κ3) is 3.17. The third-order valence-corrected chi connectivity index (χ3v) is 3.37. The standard InChI is InChI=1S/C13H19N3O4/c1-9(14)13-8-15(3-4-20-13)10-5-11(16(17)18)7-12(6-10)19-2/h5-7,9,13H,3-4,8,14H2,1-2H3. The number of anilines is 1. The van der Waals surface area contributed by atoms with Gasteiger partial charge in [-0.25, -0.2) is 0 Å². The number of hydrogen-bond acceptors (Lipinski definition) is 6. The van der Waals surface area contributed by atoms with Gasteiger partial charge in [0, 0.05) is 37.0 Å². The van der Waals surface area contributed by atoms with Crippen molar-refractivity contribution in [1.29, 1.82) is 0 Å². The summed E-state index contributed by atoms with van der Waals surface area (Å²) in [5, 5.41) is 11.0. The molecule has 0 amide bonds. The van der Waals surface area contributed by atoms with Crippen molar-refractivity contribution in [2.45, 2.75) is 19.1 Å². The molecule has 0 aliphatic carbocycles. The van der Waals surface area contributed by atoms with Crippen LogP contribution in [0.5, 0.6) is 5.75 Å². The zero-order valence-corrected chi connectivity index (χ0v) is 11.6. The zero-order valence-electron chi connectivity index (χ0n) is 11.6. The number of hydrogen-bond donors (Lipinski definition) is 1. The molecule has 1 aromatic carbocycles. The van der Waals surface area contributed by atoms with E-state index in [1.54, 1.807) is 12.1 Å². The molecule has 2 atom stereocenters. The first-order chi connectivity index (χ1) is 9.51. The number of nitrogens with zero attached hydrogens (tertiary/aromatic N) is 2. The molecule has 7 nitrogen and oxygen atoms in total. The smallest absolute Gasteiger partial charge is 0.275 e. The number of ether oxygens (including phenoxy) is 2. The van der Waals surface area contributed by atoms with Crippen molar-refractivity contribution in [1.82, 2.24) is 0 Å². The van der Waals surface area contributed by atoms with Crippen molar-refractivity contribution in [3.63, 3.8) is 0 Å². The average molecular weight is 281 g/mol. The molecule has 7 heteroatoms. The van der Waals surface area contributed by atoms with Gasteiger partial charge >= 0.3 is 0 Å². The van der Waals surface area contributed by atoms with Crippen LogP contribution in [0.3, 0.4) is 0 Å². The fraction of sp³-hybridized carbons (Fsp3) is 0.538. The summed E-state index contributed by atoms with van der Waals surface area (Å²) in [5.41, 5.74) is 6.63. The van der Waals surface area contributed by atoms with E-state index in [1.165, 1.54) is 13.2 Å². The van der Waals surface area contributed by atoms with Crippen molar-refractivity contribution in [2.24, 2.45) is 5.73 Å². The normalized spacial score (nSPS) is 20.6. The number of rotatable bonds is 4. The molecule has 0 radical (unpaired) electrons. The minimum Gasteiger partial charge on any atom is -0.496 e. The Labute approximate surface area is 117 Å². The van der Waals surface area contributed by atoms with Crippen LogP contribution < -0.4 is 15.4 Å². The second-order valence-corrected chi connectivity index (χ2v) is 4.86. The molecule has 1 aliphatic rings.